The molecule has 3 aliphatic rings. The van der Waals surface area contributed by atoms with Gasteiger partial charge in [-0.15, -0.1) is 0 Å². The third-order valence-electron chi connectivity index (χ3n) is 6.19. The predicted octanol–water partition coefficient (Wildman–Crippen LogP) is 0.589. The molecule has 0 aromatic carbocycles. The second-order valence-electron chi connectivity index (χ2n) is 9.04. The van der Waals surface area contributed by atoms with Crippen LogP contribution in [0.5, 0.6) is 0 Å². The first kappa shape index (κ1) is 24.2. The number of nitrogens with zero attached hydrogens (tertiary/aromatic N) is 1. The number of fused-ring (bicyclic) bond motifs is 1. The van der Waals surface area contributed by atoms with E-state index in [0.717, 1.165) is 19.3 Å². The summed E-state index contributed by atoms with van der Waals surface area (Å²) in [7, 11) is -2.14. The molecule has 2 fully saturated rings. The minimum absolute atomic E-state index is 0.0827. The number of sulfonamides is 1. The lowest BCUT2D eigenvalue weighted by Gasteiger charge is -2.26. The Kier molecular flexibility index (Phi) is 7.26. The van der Waals surface area contributed by atoms with Gasteiger partial charge in [-0.1, -0.05) is 12.2 Å². The van der Waals surface area contributed by atoms with Gasteiger partial charge in [0, 0.05) is 25.9 Å². The summed E-state index contributed by atoms with van der Waals surface area (Å²) >= 11 is 0. The van der Waals surface area contributed by atoms with E-state index >= 15 is 0 Å². The van der Waals surface area contributed by atoms with Gasteiger partial charge in [0.15, 0.2) is 0 Å². The number of urea groups is 1. The molecule has 178 valence electrons. The van der Waals surface area contributed by atoms with Crippen LogP contribution in [0, 0.1) is 5.92 Å². The SMILES string of the molecule is CC(=O)CCC1NC(=O)N(C)CCCC/C=C/C2CC2(C(=O)NS(=O)(=O)C2CC2)NC1=O. The first-order chi connectivity index (χ1) is 15.0. The van der Waals surface area contributed by atoms with Crippen LogP contribution in [-0.4, -0.2) is 67.4 Å². The number of nitrogens with one attached hydrogen (secondary N) is 3. The molecule has 2 saturated carbocycles. The zero-order valence-corrected chi connectivity index (χ0v) is 19.4. The van der Waals surface area contributed by atoms with Gasteiger partial charge in [0.25, 0.3) is 5.91 Å². The maximum Gasteiger partial charge on any atom is 0.317 e. The maximum absolute atomic E-state index is 13.1. The Labute approximate surface area is 188 Å². The van der Waals surface area contributed by atoms with Crippen molar-refractivity contribution in [2.75, 3.05) is 13.6 Å². The number of ketones is 1. The van der Waals surface area contributed by atoms with Crippen molar-refractivity contribution in [3.05, 3.63) is 12.2 Å². The van der Waals surface area contributed by atoms with Crippen molar-refractivity contribution in [1.29, 1.82) is 0 Å². The van der Waals surface area contributed by atoms with E-state index in [1.165, 1.54) is 11.8 Å². The van der Waals surface area contributed by atoms with Crippen molar-refractivity contribution in [2.45, 2.75) is 75.1 Å². The van der Waals surface area contributed by atoms with Crippen LogP contribution in [0.4, 0.5) is 4.79 Å². The van der Waals surface area contributed by atoms with Crippen molar-refractivity contribution in [2.24, 2.45) is 5.92 Å². The van der Waals surface area contributed by atoms with Crippen molar-refractivity contribution in [1.82, 2.24) is 20.3 Å². The molecule has 0 saturated heterocycles. The predicted molar refractivity (Wildman–Crippen MR) is 117 cm³/mol. The molecule has 3 rings (SSSR count). The molecule has 10 nitrogen and oxygen atoms in total. The van der Waals surface area contributed by atoms with Gasteiger partial charge in [-0.2, -0.15) is 0 Å². The van der Waals surface area contributed by atoms with Crippen LogP contribution in [-0.2, 0) is 24.4 Å². The molecule has 2 aliphatic carbocycles. The summed E-state index contributed by atoms with van der Waals surface area (Å²) < 4.78 is 26.8. The largest absolute Gasteiger partial charge is 0.339 e. The van der Waals surface area contributed by atoms with Gasteiger partial charge in [-0.05, 0) is 51.9 Å². The Morgan fingerprint density at radius 3 is 2.62 bits per heavy atom. The van der Waals surface area contributed by atoms with Crippen molar-refractivity contribution in [3.63, 3.8) is 0 Å². The Balaban J connectivity index is 1.83. The summed E-state index contributed by atoms with van der Waals surface area (Å²) in [5, 5.41) is 4.79. The Bertz CT molecular complexity index is 913. The molecule has 11 heteroatoms. The zero-order valence-electron chi connectivity index (χ0n) is 18.6. The molecule has 3 N–H and O–H groups in total. The Morgan fingerprint density at radius 1 is 1.25 bits per heavy atom. The summed E-state index contributed by atoms with van der Waals surface area (Å²) in [5.74, 6) is -1.83. The molecule has 32 heavy (non-hydrogen) atoms. The van der Waals surface area contributed by atoms with Gasteiger partial charge < -0.3 is 20.3 Å². The van der Waals surface area contributed by atoms with Gasteiger partial charge >= 0.3 is 6.03 Å². The summed E-state index contributed by atoms with van der Waals surface area (Å²) in [6.07, 6.45) is 7.61. The quantitative estimate of drug-likeness (QED) is 0.487. The van der Waals surface area contributed by atoms with E-state index in [-0.39, 0.29) is 31.0 Å². The number of amides is 4. The molecule has 0 spiro atoms. The number of Topliss-reactive ketones (excluding diaryl/α,β-unsaturated/α-hetero) is 1. The average molecular weight is 469 g/mol. The lowest BCUT2D eigenvalue weighted by Crippen LogP contribution is -2.58. The third-order valence-corrected chi connectivity index (χ3v) is 8.01. The third kappa shape index (κ3) is 5.87. The van der Waals surface area contributed by atoms with Crippen molar-refractivity contribution >= 4 is 33.7 Å². The highest BCUT2D eigenvalue weighted by Gasteiger charge is 2.61. The fraction of sp³-hybridized carbons (Fsp3) is 0.714. The highest BCUT2D eigenvalue weighted by molar-refractivity contribution is 7.91. The number of carbonyl (C=O) groups excluding carboxylic acids is 4. The number of allylic oxidation sites excluding steroid dienone is 1. The molecule has 0 aromatic heterocycles. The lowest BCUT2D eigenvalue weighted by atomic mass is 10.1. The van der Waals surface area contributed by atoms with Gasteiger partial charge in [-0.25, -0.2) is 13.2 Å². The summed E-state index contributed by atoms with van der Waals surface area (Å²) in [4.78, 5) is 51.6. The molecule has 3 atom stereocenters. The summed E-state index contributed by atoms with van der Waals surface area (Å²) in [6, 6.07) is -1.46. The minimum Gasteiger partial charge on any atom is -0.339 e. The second kappa shape index (κ2) is 9.60. The fourth-order valence-corrected chi connectivity index (χ4v) is 5.18. The van der Waals surface area contributed by atoms with Gasteiger partial charge in [0.2, 0.25) is 15.9 Å². The van der Waals surface area contributed by atoms with Crippen LogP contribution in [0.3, 0.4) is 0 Å². The molecular formula is C21H32N4O6S. The van der Waals surface area contributed by atoms with Gasteiger partial charge in [0.05, 0.1) is 5.25 Å². The van der Waals surface area contributed by atoms with Crippen molar-refractivity contribution < 1.29 is 27.6 Å². The number of carbonyl (C=O) groups is 4. The molecule has 0 aromatic rings. The van der Waals surface area contributed by atoms with Crippen LogP contribution < -0.4 is 15.4 Å². The zero-order chi connectivity index (χ0) is 23.5. The summed E-state index contributed by atoms with van der Waals surface area (Å²) in [5.41, 5.74) is -1.38. The molecule has 0 radical (unpaired) electrons. The van der Waals surface area contributed by atoms with Gasteiger partial charge in [0.1, 0.15) is 17.4 Å². The van der Waals surface area contributed by atoms with E-state index < -0.39 is 44.7 Å². The molecule has 1 aliphatic heterocycles. The highest BCUT2D eigenvalue weighted by Crippen LogP contribution is 2.45. The number of rotatable bonds is 6. The molecule has 4 amide bonds. The van der Waals surface area contributed by atoms with Crippen LogP contribution in [0.15, 0.2) is 12.2 Å². The van der Waals surface area contributed by atoms with Crippen LogP contribution in [0.25, 0.3) is 0 Å². The normalized spacial score (nSPS) is 30.2. The van der Waals surface area contributed by atoms with Crippen molar-refractivity contribution in [3.8, 4) is 0 Å². The topological polar surface area (TPSA) is 142 Å². The first-order valence-electron chi connectivity index (χ1n) is 11.1. The Morgan fingerprint density at radius 2 is 1.97 bits per heavy atom. The average Bonchev–Trinajstić information content (AvgIpc) is 3.61. The van der Waals surface area contributed by atoms with Crippen LogP contribution in [0.2, 0.25) is 0 Å². The highest BCUT2D eigenvalue weighted by atomic mass is 32.2. The van der Waals surface area contributed by atoms with Crippen LogP contribution in [0.1, 0.15) is 58.3 Å². The molecule has 0 bridgehead atoms. The Hall–Kier alpha value is -2.43. The van der Waals surface area contributed by atoms with E-state index in [9.17, 15) is 27.6 Å². The maximum atomic E-state index is 13.1. The minimum atomic E-state index is -3.77. The monoisotopic (exact) mass is 468 g/mol. The second-order valence-corrected chi connectivity index (χ2v) is 11.0. The fourth-order valence-electron chi connectivity index (χ4n) is 3.82. The first-order valence-corrected chi connectivity index (χ1v) is 12.7. The van der Waals surface area contributed by atoms with Gasteiger partial charge in [-0.3, -0.25) is 14.3 Å². The summed E-state index contributed by atoms with van der Waals surface area (Å²) in [6.45, 7) is 1.92. The van der Waals surface area contributed by atoms with Crippen LogP contribution >= 0.6 is 0 Å². The van der Waals surface area contributed by atoms with E-state index in [1.807, 2.05) is 12.2 Å². The van der Waals surface area contributed by atoms with E-state index in [2.05, 4.69) is 15.4 Å². The number of hydrogen-bond acceptors (Lipinski definition) is 6. The standard InChI is InChI=1S/C21H32N4O6S/c1-14(26)8-11-17-18(27)23-21(19(28)24-32(30,31)16-9-10-16)13-15(21)7-5-3-4-6-12-25(2)20(29)22-17/h5,7,15-17H,3-4,6,8-13H2,1-2H3,(H,22,29)(H,23,27)(H,24,28)/b7-5+. The molecule has 3 unspecified atom stereocenters. The lowest BCUT2D eigenvalue weighted by molar-refractivity contribution is -0.130. The van der Waals surface area contributed by atoms with E-state index in [4.69, 9.17) is 0 Å². The van der Waals surface area contributed by atoms with E-state index in [1.54, 1.807) is 7.05 Å². The number of hydrogen-bond donors (Lipinski definition) is 3. The molecular weight excluding hydrogens is 436 g/mol. The smallest absolute Gasteiger partial charge is 0.317 e. The van der Waals surface area contributed by atoms with E-state index in [0.29, 0.717) is 19.4 Å². The molecule has 1 heterocycles.